The van der Waals surface area contributed by atoms with E-state index in [9.17, 15) is 9.59 Å². The van der Waals surface area contributed by atoms with E-state index < -0.39 is 0 Å². The summed E-state index contributed by atoms with van der Waals surface area (Å²) in [4.78, 5) is 20.3. The van der Waals surface area contributed by atoms with Crippen LogP contribution in [0.25, 0.3) is 0 Å². The molecule has 0 bridgehead atoms. The van der Waals surface area contributed by atoms with E-state index in [0.29, 0.717) is 24.3 Å². The standard InChI is InChI=1S/C10H10O3/c11-6-1-7-13-10-4-2-9(8-12)3-5-10/h2-6,8H,1,7H2. The van der Waals surface area contributed by atoms with Gasteiger partial charge in [-0.3, -0.25) is 4.79 Å². The molecule has 3 nitrogen and oxygen atoms in total. The van der Waals surface area contributed by atoms with E-state index in [-0.39, 0.29) is 0 Å². The lowest BCUT2D eigenvalue weighted by Gasteiger charge is -2.02. The van der Waals surface area contributed by atoms with Crippen LogP contribution in [0.1, 0.15) is 16.8 Å². The molecule has 0 aliphatic heterocycles. The zero-order chi connectivity index (χ0) is 9.52. The largest absolute Gasteiger partial charge is 0.493 e. The lowest BCUT2D eigenvalue weighted by atomic mass is 10.2. The van der Waals surface area contributed by atoms with Gasteiger partial charge in [-0.2, -0.15) is 0 Å². The number of carbonyl (C=O) groups excluding carboxylic acids is 2. The van der Waals surface area contributed by atoms with Gasteiger partial charge in [0.2, 0.25) is 0 Å². The van der Waals surface area contributed by atoms with Crippen LogP contribution in [0.3, 0.4) is 0 Å². The summed E-state index contributed by atoms with van der Waals surface area (Å²) < 4.78 is 5.20. The van der Waals surface area contributed by atoms with Crippen molar-refractivity contribution in [1.82, 2.24) is 0 Å². The zero-order valence-corrected chi connectivity index (χ0v) is 7.10. The number of hydrogen-bond donors (Lipinski definition) is 0. The average Bonchev–Trinajstić information content (AvgIpc) is 2.19. The minimum atomic E-state index is 0.379. The van der Waals surface area contributed by atoms with E-state index in [1.54, 1.807) is 24.3 Å². The summed E-state index contributed by atoms with van der Waals surface area (Å²) in [6.07, 6.45) is 1.96. The molecule has 1 rings (SSSR count). The molecule has 0 atom stereocenters. The Morgan fingerprint density at radius 2 is 1.85 bits per heavy atom. The summed E-state index contributed by atoms with van der Waals surface area (Å²) >= 11 is 0. The molecule has 0 saturated heterocycles. The Kier molecular flexibility index (Phi) is 3.70. The first-order valence-corrected chi connectivity index (χ1v) is 3.98. The Labute approximate surface area is 76.3 Å². The Morgan fingerprint density at radius 3 is 2.38 bits per heavy atom. The highest BCUT2D eigenvalue weighted by atomic mass is 16.5. The SMILES string of the molecule is O=CCCOc1ccc(C=O)cc1. The minimum Gasteiger partial charge on any atom is -0.493 e. The van der Waals surface area contributed by atoms with E-state index in [0.717, 1.165) is 12.6 Å². The average molecular weight is 178 g/mol. The fraction of sp³-hybridized carbons (Fsp3) is 0.200. The zero-order valence-electron chi connectivity index (χ0n) is 7.10. The molecule has 0 radical (unpaired) electrons. The van der Waals surface area contributed by atoms with Gasteiger partial charge in [0.15, 0.2) is 0 Å². The Bertz CT molecular complexity index is 277. The number of aldehydes is 2. The second-order valence-corrected chi connectivity index (χ2v) is 2.49. The van der Waals surface area contributed by atoms with E-state index in [4.69, 9.17) is 4.74 Å². The van der Waals surface area contributed by atoms with Crippen LogP contribution in [-0.4, -0.2) is 19.2 Å². The van der Waals surface area contributed by atoms with Crippen molar-refractivity contribution in [1.29, 1.82) is 0 Å². The highest BCUT2D eigenvalue weighted by Gasteiger charge is 1.93. The van der Waals surface area contributed by atoms with Gasteiger partial charge in [-0.05, 0) is 24.3 Å². The normalized spacial score (nSPS) is 9.23. The van der Waals surface area contributed by atoms with Crippen molar-refractivity contribution in [2.45, 2.75) is 6.42 Å². The molecule has 0 heterocycles. The molecular weight excluding hydrogens is 168 g/mol. The third-order valence-corrected chi connectivity index (χ3v) is 1.52. The molecule has 0 spiro atoms. The predicted octanol–water partition coefficient (Wildman–Crippen LogP) is 1.47. The number of carbonyl (C=O) groups is 2. The fourth-order valence-corrected chi connectivity index (χ4v) is 0.868. The van der Waals surface area contributed by atoms with Crippen LogP contribution in [0.2, 0.25) is 0 Å². The van der Waals surface area contributed by atoms with Crippen LogP contribution in [0.4, 0.5) is 0 Å². The van der Waals surface area contributed by atoms with Crippen molar-refractivity contribution in [3.63, 3.8) is 0 Å². The van der Waals surface area contributed by atoms with Crippen LogP contribution in [0, 0.1) is 0 Å². The van der Waals surface area contributed by atoms with Gasteiger partial charge in [0.25, 0.3) is 0 Å². The molecule has 0 aromatic heterocycles. The summed E-state index contributed by atoms with van der Waals surface area (Å²) in [6.45, 7) is 0.379. The van der Waals surface area contributed by atoms with Gasteiger partial charge in [-0.1, -0.05) is 0 Å². The second-order valence-electron chi connectivity index (χ2n) is 2.49. The van der Waals surface area contributed by atoms with Crippen molar-refractivity contribution < 1.29 is 14.3 Å². The third-order valence-electron chi connectivity index (χ3n) is 1.52. The minimum absolute atomic E-state index is 0.379. The first-order valence-electron chi connectivity index (χ1n) is 3.98. The van der Waals surface area contributed by atoms with Crippen LogP contribution in [-0.2, 0) is 4.79 Å². The second kappa shape index (κ2) is 5.09. The monoisotopic (exact) mass is 178 g/mol. The van der Waals surface area contributed by atoms with Gasteiger partial charge in [-0.15, -0.1) is 0 Å². The Balaban J connectivity index is 2.48. The molecule has 0 unspecified atom stereocenters. The smallest absolute Gasteiger partial charge is 0.150 e. The summed E-state index contributed by atoms with van der Waals surface area (Å²) in [7, 11) is 0. The molecule has 0 saturated carbocycles. The molecular formula is C10H10O3. The first kappa shape index (κ1) is 9.45. The lowest BCUT2D eigenvalue weighted by Crippen LogP contribution is -1.97. The summed E-state index contributed by atoms with van der Waals surface area (Å²) in [5.74, 6) is 0.674. The maximum absolute atomic E-state index is 10.3. The number of rotatable bonds is 5. The van der Waals surface area contributed by atoms with Gasteiger partial charge >= 0.3 is 0 Å². The van der Waals surface area contributed by atoms with Gasteiger partial charge in [0, 0.05) is 12.0 Å². The quantitative estimate of drug-likeness (QED) is 0.506. The summed E-state index contributed by atoms with van der Waals surface area (Å²) in [5.41, 5.74) is 0.614. The van der Waals surface area contributed by atoms with Crippen molar-refractivity contribution in [3.05, 3.63) is 29.8 Å². The van der Waals surface area contributed by atoms with E-state index >= 15 is 0 Å². The number of ether oxygens (including phenoxy) is 1. The topological polar surface area (TPSA) is 43.4 Å². The van der Waals surface area contributed by atoms with Crippen LogP contribution in [0.15, 0.2) is 24.3 Å². The summed E-state index contributed by atoms with van der Waals surface area (Å²) in [6, 6.07) is 6.75. The molecule has 13 heavy (non-hydrogen) atoms. The Hall–Kier alpha value is -1.64. The van der Waals surface area contributed by atoms with Gasteiger partial charge in [-0.25, -0.2) is 0 Å². The van der Waals surface area contributed by atoms with E-state index in [1.807, 2.05) is 0 Å². The van der Waals surface area contributed by atoms with Gasteiger partial charge in [0.1, 0.15) is 18.3 Å². The molecule has 0 aliphatic rings. The predicted molar refractivity (Wildman–Crippen MR) is 48.0 cm³/mol. The highest BCUT2D eigenvalue weighted by molar-refractivity contribution is 5.74. The third kappa shape index (κ3) is 3.07. The molecule has 1 aromatic carbocycles. The lowest BCUT2D eigenvalue weighted by molar-refractivity contribution is -0.108. The number of hydrogen-bond acceptors (Lipinski definition) is 3. The molecule has 0 N–H and O–H groups in total. The summed E-state index contributed by atoms with van der Waals surface area (Å²) in [5, 5.41) is 0. The van der Waals surface area contributed by atoms with Crippen LogP contribution in [0.5, 0.6) is 5.75 Å². The van der Waals surface area contributed by atoms with Crippen LogP contribution < -0.4 is 4.74 Å². The molecule has 68 valence electrons. The molecule has 0 amide bonds. The van der Waals surface area contributed by atoms with Crippen molar-refractivity contribution in [3.8, 4) is 5.75 Å². The van der Waals surface area contributed by atoms with Crippen molar-refractivity contribution in [2.24, 2.45) is 0 Å². The van der Waals surface area contributed by atoms with Crippen molar-refractivity contribution in [2.75, 3.05) is 6.61 Å². The van der Waals surface area contributed by atoms with Gasteiger partial charge < -0.3 is 9.53 Å². The molecule has 3 heteroatoms. The maximum atomic E-state index is 10.3. The Morgan fingerprint density at radius 1 is 1.15 bits per heavy atom. The molecule has 0 fully saturated rings. The van der Waals surface area contributed by atoms with Crippen molar-refractivity contribution >= 4 is 12.6 Å². The molecule has 1 aromatic rings. The maximum Gasteiger partial charge on any atom is 0.150 e. The molecule has 0 aliphatic carbocycles. The highest BCUT2D eigenvalue weighted by Crippen LogP contribution is 2.10. The van der Waals surface area contributed by atoms with E-state index in [2.05, 4.69) is 0 Å². The first-order chi connectivity index (χ1) is 6.36. The van der Waals surface area contributed by atoms with Crippen LogP contribution >= 0.6 is 0 Å². The number of benzene rings is 1. The fourth-order valence-electron chi connectivity index (χ4n) is 0.868. The van der Waals surface area contributed by atoms with Gasteiger partial charge in [0.05, 0.1) is 6.61 Å². The van der Waals surface area contributed by atoms with E-state index in [1.165, 1.54) is 0 Å².